The highest BCUT2D eigenvalue weighted by molar-refractivity contribution is 7.29. The van der Waals surface area contributed by atoms with Crippen LogP contribution in [-0.4, -0.2) is 22.2 Å². The molecule has 1 unspecified atom stereocenters. The molecule has 0 radical (unpaired) electrons. The van der Waals surface area contributed by atoms with E-state index in [4.69, 9.17) is 10.3 Å². The van der Waals surface area contributed by atoms with Crippen LogP contribution in [0.1, 0.15) is 68.5 Å². The minimum Gasteiger partial charge on any atom is -0.508 e. The Morgan fingerprint density at radius 3 is 2.40 bits per heavy atom. The van der Waals surface area contributed by atoms with E-state index in [0.717, 1.165) is 18.4 Å². The molecule has 1 aromatic carbocycles. The van der Waals surface area contributed by atoms with Gasteiger partial charge in [0.2, 0.25) is 0 Å². The lowest BCUT2D eigenvalue weighted by molar-refractivity contribution is 0.344. The largest absolute Gasteiger partial charge is 0.508 e. The summed E-state index contributed by atoms with van der Waals surface area (Å²) in [6.07, 6.45) is 6.39. The number of benzene rings is 1. The average molecular weight is 438 g/mol. The van der Waals surface area contributed by atoms with E-state index < -0.39 is 0 Å². The van der Waals surface area contributed by atoms with Crippen molar-refractivity contribution in [3.05, 3.63) is 52.3 Å². The van der Waals surface area contributed by atoms with Crippen molar-refractivity contribution in [2.24, 2.45) is 5.73 Å². The molecule has 0 fully saturated rings. The van der Waals surface area contributed by atoms with Gasteiger partial charge in [0.1, 0.15) is 11.5 Å². The van der Waals surface area contributed by atoms with Crippen molar-refractivity contribution in [3.8, 4) is 11.5 Å². The minimum atomic E-state index is 0.173. The molecule has 0 spiro atoms. The molecule has 170 valence electrons. The number of hydrogen-bond donors (Lipinski definition) is 4. The number of fused-ring (bicyclic) bond motifs is 1. The smallest absolute Gasteiger partial charge is 0.141 e. The monoisotopic (exact) mass is 437 g/mol. The van der Waals surface area contributed by atoms with Gasteiger partial charge in [-0.25, -0.2) is 0 Å². The highest BCUT2D eigenvalue weighted by Crippen LogP contribution is 2.28. The summed E-state index contributed by atoms with van der Waals surface area (Å²) >= 11 is 0. The summed E-state index contributed by atoms with van der Waals surface area (Å²) in [5.74, 6) is 0.661. The molecular weight excluding hydrogens is 397 g/mol. The number of phenolic OH excluding ortho intramolecular Hbond substituents is 1. The Balaban J connectivity index is 0.000000494. The third-order valence-corrected chi connectivity index (χ3v) is 4.90. The Kier molecular flexibility index (Phi) is 16.0. The minimum absolute atomic E-state index is 0.173. The van der Waals surface area contributed by atoms with Crippen molar-refractivity contribution in [2.45, 2.75) is 73.5 Å². The summed E-state index contributed by atoms with van der Waals surface area (Å²) in [7, 11) is 2.04. The predicted octanol–water partition coefficient (Wildman–Crippen LogP) is 5.12. The molecule has 1 atom stereocenters. The zero-order chi connectivity index (χ0) is 22.9. The summed E-state index contributed by atoms with van der Waals surface area (Å²) in [6.45, 7) is 10.4. The van der Waals surface area contributed by atoms with Crippen molar-refractivity contribution in [3.63, 3.8) is 0 Å². The molecule has 0 aliphatic heterocycles. The maximum atomic E-state index is 9.72. The Morgan fingerprint density at radius 1 is 1.13 bits per heavy atom. The van der Waals surface area contributed by atoms with E-state index in [9.17, 15) is 10.2 Å². The lowest BCUT2D eigenvalue weighted by Crippen LogP contribution is -2.05. The van der Waals surface area contributed by atoms with Gasteiger partial charge in [-0.3, -0.25) is 10.1 Å². The maximum absolute atomic E-state index is 9.72. The van der Waals surface area contributed by atoms with Gasteiger partial charge in [0.05, 0.1) is 21.3 Å². The van der Waals surface area contributed by atoms with Gasteiger partial charge in [-0.05, 0) is 56.8 Å². The summed E-state index contributed by atoms with van der Waals surface area (Å²) in [6, 6.07) is 5.83. The first-order chi connectivity index (χ1) is 14.6. The quantitative estimate of drug-likeness (QED) is 0.383. The molecule has 0 amide bonds. The normalized spacial score (nSPS) is 12.0. The zero-order valence-corrected chi connectivity index (χ0v) is 20.4. The lowest BCUT2D eigenvalue weighted by atomic mass is 9.91. The van der Waals surface area contributed by atoms with E-state index >= 15 is 0 Å². The van der Waals surface area contributed by atoms with Gasteiger partial charge >= 0.3 is 0 Å². The number of aromatic hydroxyl groups is 2. The van der Waals surface area contributed by atoms with Crippen LogP contribution in [0, 0.1) is 6.92 Å². The Morgan fingerprint density at radius 2 is 1.80 bits per heavy atom. The van der Waals surface area contributed by atoms with Gasteiger partial charge < -0.3 is 20.5 Å². The summed E-state index contributed by atoms with van der Waals surface area (Å²) in [5.41, 5.74) is 10.2. The number of nitrogens with one attached hydrogen (secondary N) is 1. The third-order valence-electron chi connectivity index (χ3n) is 4.41. The average Bonchev–Trinajstić information content (AvgIpc) is 2.80. The van der Waals surface area contributed by atoms with E-state index in [1.807, 2.05) is 40.8 Å². The van der Waals surface area contributed by atoms with Crippen LogP contribution in [0.15, 0.2) is 24.4 Å². The first kappa shape index (κ1) is 28.3. The number of hydrogen-bond acceptors (Lipinski definition) is 6. The molecule has 6 nitrogen and oxygen atoms in total. The van der Waals surface area contributed by atoms with E-state index in [2.05, 4.69) is 16.1 Å². The van der Waals surface area contributed by atoms with Gasteiger partial charge in [0.15, 0.2) is 0 Å². The SMILES string of the molecule is CC.CC.CNPOCc1cnc(C)c(O)c1CN.Oc1cccc2c1CCCC2. The predicted molar refractivity (Wildman–Crippen MR) is 128 cm³/mol. The number of nitrogens with two attached hydrogens (primary N) is 1. The van der Waals surface area contributed by atoms with E-state index in [0.29, 0.717) is 23.6 Å². The van der Waals surface area contributed by atoms with Crippen molar-refractivity contribution in [2.75, 3.05) is 7.05 Å². The van der Waals surface area contributed by atoms with Crippen LogP contribution in [0.5, 0.6) is 11.5 Å². The lowest BCUT2D eigenvalue weighted by Gasteiger charge is -2.15. The molecule has 0 bridgehead atoms. The van der Waals surface area contributed by atoms with Crippen LogP contribution in [0.3, 0.4) is 0 Å². The van der Waals surface area contributed by atoms with E-state index in [1.165, 1.54) is 24.0 Å². The first-order valence-corrected chi connectivity index (χ1v) is 11.7. The van der Waals surface area contributed by atoms with E-state index in [-0.39, 0.29) is 21.3 Å². The van der Waals surface area contributed by atoms with Crippen LogP contribution in [0.25, 0.3) is 0 Å². The Bertz CT molecular complexity index is 727. The number of aryl methyl sites for hydroxylation is 2. The van der Waals surface area contributed by atoms with Gasteiger partial charge in [0, 0.05) is 23.9 Å². The van der Waals surface area contributed by atoms with Crippen LogP contribution in [0.2, 0.25) is 0 Å². The maximum Gasteiger partial charge on any atom is 0.141 e. The first-order valence-electron chi connectivity index (χ1n) is 10.8. The van der Waals surface area contributed by atoms with Crippen molar-refractivity contribution in [1.82, 2.24) is 10.1 Å². The second-order valence-electron chi connectivity index (χ2n) is 6.16. The van der Waals surface area contributed by atoms with Gasteiger partial charge in [-0.1, -0.05) is 39.8 Å². The van der Waals surface area contributed by atoms with Gasteiger partial charge in [0.25, 0.3) is 0 Å². The van der Waals surface area contributed by atoms with E-state index in [1.54, 1.807) is 19.2 Å². The van der Waals surface area contributed by atoms with Crippen LogP contribution in [0.4, 0.5) is 0 Å². The van der Waals surface area contributed by atoms with Crippen molar-refractivity contribution >= 4 is 8.96 Å². The second-order valence-corrected chi connectivity index (χ2v) is 7.16. The van der Waals surface area contributed by atoms with Crippen LogP contribution < -0.4 is 10.8 Å². The Labute approximate surface area is 184 Å². The number of rotatable bonds is 5. The molecule has 1 aromatic heterocycles. The molecule has 0 saturated carbocycles. The van der Waals surface area contributed by atoms with Crippen LogP contribution in [-0.2, 0) is 30.5 Å². The van der Waals surface area contributed by atoms with Crippen LogP contribution >= 0.6 is 8.96 Å². The van der Waals surface area contributed by atoms with Gasteiger partial charge in [-0.2, -0.15) is 0 Å². The van der Waals surface area contributed by atoms with Crippen molar-refractivity contribution in [1.29, 1.82) is 0 Å². The number of aromatic nitrogens is 1. The highest BCUT2D eigenvalue weighted by Gasteiger charge is 2.11. The highest BCUT2D eigenvalue weighted by atomic mass is 31.1. The van der Waals surface area contributed by atoms with Gasteiger partial charge in [-0.15, -0.1) is 0 Å². The fourth-order valence-electron chi connectivity index (χ4n) is 2.98. The molecular formula is C23H40N3O3P. The van der Waals surface area contributed by atoms with Crippen molar-refractivity contribution < 1.29 is 14.7 Å². The molecule has 30 heavy (non-hydrogen) atoms. The standard InChI is InChI=1S/C10H12O.C9H16N3O2P.2C2H6/c11-10-7-3-5-8-4-1-2-6-9(8)10;1-6-9(13)8(3-10)7(4-12-6)5-14-15-11-2;2*1-2/h3,5,7,11H,1-2,4,6H2;4,11,13,15H,3,5,10H2,1-2H3;2*1-2H3. The molecule has 5 N–H and O–H groups in total. The molecule has 1 aliphatic rings. The molecule has 1 aliphatic carbocycles. The zero-order valence-electron chi connectivity index (χ0n) is 19.4. The topological polar surface area (TPSA) is 101 Å². The fraction of sp³-hybridized carbons (Fsp3) is 0.522. The summed E-state index contributed by atoms with van der Waals surface area (Å²) < 4.78 is 5.32. The molecule has 0 saturated heterocycles. The molecule has 3 rings (SSSR count). The number of pyridine rings is 1. The fourth-order valence-corrected chi connectivity index (χ4v) is 3.36. The molecule has 7 heteroatoms. The number of phenols is 1. The second kappa shape index (κ2) is 17.0. The Hall–Kier alpha value is -1.72. The molecule has 2 aromatic rings. The summed E-state index contributed by atoms with van der Waals surface area (Å²) in [4.78, 5) is 4.06. The summed E-state index contributed by atoms with van der Waals surface area (Å²) in [5, 5.41) is 22.1. The third kappa shape index (κ3) is 8.97. The number of nitrogens with zero attached hydrogens (tertiary/aromatic N) is 1. The molecule has 1 heterocycles.